The van der Waals surface area contributed by atoms with Gasteiger partial charge in [-0.3, -0.25) is 9.69 Å². The molecule has 1 aliphatic rings. The summed E-state index contributed by atoms with van der Waals surface area (Å²) >= 11 is 5.90. The van der Waals surface area contributed by atoms with Crippen molar-refractivity contribution in [2.24, 2.45) is 0 Å². The zero-order valence-corrected chi connectivity index (χ0v) is 12.3. The molecule has 0 saturated carbocycles. The third kappa shape index (κ3) is 3.72. The summed E-state index contributed by atoms with van der Waals surface area (Å²) < 4.78 is 0. The van der Waals surface area contributed by atoms with Crippen LogP contribution >= 0.6 is 11.6 Å². The molecule has 1 aromatic rings. The van der Waals surface area contributed by atoms with Crippen LogP contribution in [0.1, 0.15) is 31.7 Å². The number of nitriles is 1. The Bertz CT molecular complexity index is 538. The van der Waals surface area contributed by atoms with E-state index in [1.165, 1.54) is 6.42 Å². The monoisotopic (exact) mass is 291 g/mol. The number of rotatable bonds is 3. The van der Waals surface area contributed by atoms with Crippen molar-refractivity contribution < 1.29 is 4.79 Å². The summed E-state index contributed by atoms with van der Waals surface area (Å²) in [4.78, 5) is 14.3. The van der Waals surface area contributed by atoms with Crippen molar-refractivity contribution in [3.63, 3.8) is 0 Å². The number of piperidine rings is 1. The number of nitrogens with one attached hydrogen (secondary N) is 1. The van der Waals surface area contributed by atoms with Crippen molar-refractivity contribution in [3.05, 3.63) is 28.8 Å². The molecule has 20 heavy (non-hydrogen) atoms. The summed E-state index contributed by atoms with van der Waals surface area (Å²) in [7, 11) is 0. The van der Waals surface area contributed by atoms with Gasteiger partial charge in [-0.1, -0.05) is 18.0 Å². The summed E-state index contributed by atoms with van der Waals surface area (Å²) in [5, 5.41) is 12.3. The van der Waals surface area contributed by atoms with Crippen molar-refractivity contribution >= 4 is 23.2 Å². The topological polar surface area (TPSA) is 56.1 Å². The number of nitrogens with zero attached hydrogens (tertiary/aromatic N) is 2. The van der Waals surface area contributed by atoms with E-state index < -0.39 is 0 Å². The van der Waals surface area contributed by atoms with Gasteiger partial charge in [0, 0.05) is 11.1 Å². The van der Waals surface area contributed by atoms with Crippen LogP contribution in [0.5, 0.6) is 0 Å². The predicted octanol–water partition coefficient (Wildman–Crippen LogP) is 3.02. The van der Waals surface area contributed by atoms with E-state index in [0.29, 0.717) is 28.9 Å². The summed E-state index contributed by atoms with van der Waals surface area (Å²) in [5.74, 6) is -0.0995. The molecule has 5 heteroatoms. The van der Waals surface area contributed by atoms with Gasteiger partial charge in [0.2, 0.25) is 5.91 Å². The van der Waals surface area contributed by atoms with Gasteiger partial charge in [-0.05, 0) is 44.5 Å². The van der Waals surface area contributed by atoms with Crippen LogP contribution in [0.4, 0.5) is 5.69 Å². The fourth-order valence-corrected chi connectivity index (χ4v) is 2.66. The molecule has 1 N–H and O–H groups in total. The van der Waals surface area contributed by atoms with Crippen LogP contribution < -0.4 is 5.32 Å². The number of hydrogen-bond donors (Lipinski definition) is 1. The first-order valence-electron chi connectivity index (χ1n) is 6.83. The van der Waals surface area contributed by atoms with Gasteiger partial charge in [-0.25, -0.2) is 0 Å². The van der Waals surface area contributed by atoms with E-state index in [2.05, 4.69) is 23.2 Å². The Kier molecular flexibility index (Phi) is 4.99. The second-order valence-electron chi connectivity index (χ2n) is 5.17. The van der Waals surface area contributed by atoms with Crippen LogP contribution in [0.3, 0.4) is 0 Å². The highest BCUT2D eigenvalue weighted by Gasteiger charge is 2.20. The van der Waals surface area contributed by atoms with Crippen LogP contribution in [-0.4, -0.2) is 29.9 Å². The van der Waals surface area contributed by atoms with Gasteiger partial charge in [0.05, 0.1) is 17.8 Å². The van der Waals surface area contributed by atoms with E-state index in [9.17, 15) is 4.79 Å². The molecule has 1 fully saturated rings. The third-order valence-corrected chi connectivity index (χ3v) is 3.90. The molecule has 0 unspecified atom stereocenters. The highest BCUT2D eigenvalue weighted by atomic mass is 35.5. The van der Waals surface area contributed by atoms with Crippen molar-refractivity contribution in [1.82, 2.24) is 4.90 Å². The molecule has 1 amide bonds. The average Bonchev–Trinajstić information content (AvgIpc) is 2.41. The number of carbonyl (C=O) groups excluding carboxylic acids is 1. The second kappa shape index (κ2) is 6.74. The maximum absolute atomic E-state index is 12.1. The number of hydrogen-bond acceptors (Lipinski definition) is 3. The summed E-state index contributed by atoms with van der Waals surface area (Å²) in [5.41, 5.74) is 0.907. The van der Waals surface area contributed by atoms with Gasteiger partial charge in [-0.15, -0.1) is 0 Å². The van der Waals surface area contributed by atoms with Crippen molar-refractivity contribution in [3.8, 4) is 6.07 Å². The minimum atomic E-state index is -0.0995. The molecule has 1 saturated heterocycles. The van der Waals surface area contributed by atoms with Crippen LogP contribution in [0.25, 0.3) is 0 Å². The molecule has 0 radical (unpaired) electrons. The Labute approximate surface area is 124 Å². The predicted molar refractivity (Wildman–Crippen MR) is 79.7 cm³/mol. The molecule has 0 aliphatic carbocycles. The van der Waals surface area contributed by atoms with Gasteiger partial charge >= 0.3 is 0 Å². The number of anilines is 1. The number of likely N-dealkylation sites (tertiary alicyclic amines) is 1. The molecule has 1 aromatic carbocycles. The fraction of sp³-hybridized carbons (Fsp3) is 0.467. The van der Waals surface area contributed by atoms with Crippen LogP contribution in [0, 0.1) is 11.3 Å². The molecule has 0 bridgehead atoms. The molecule has 1 heterocycles. The lowest BCUT2D eigenvalue weighted by Crippen LogP contribution is -2.42. The normalized spacial score (nSPS) is 19.4. The number of halogens is 1. The Balaban J connectivity index is 2.01. The zero-order chi connectivity index (χ0) is 14.5. The maximum atomic E-state index is 12.1. The van der Waals surface area contributed by atoms with Crippen LogP contribution in [0.15, 0.2) is 18.2 Å². The van der Waals surface area contributed by atoms with Crippen molar-refractivity contribution in [1.29, 1.82) is 5.26 Å². The summed E-state index contributed by atoms with van der Waals surface area (Å²) in [6.45, 7) is 3.46. The molecule has 1 atom stereocenters. The van der Waals surface area contributed by atoms with Gasteiger partial charge in [0.15, 0.2) is 0 Å². The summed E-state index contributed by atoms with van der Waals surface area (Å²) in [6, 6.07) is 7.35. The lowest BCUT2D eigenvalue weighted by Gasteiger charge is -2.32. The highest BCUT2D eigenvalue weighted by molar-refractivity contribution is 6.31. The van der Waals surface area contributed by atoms with Gasteiger partial charge in [0.25, 0.3) is 0 Å². The Morgan fingerprint density at radius 3 is 3.05 bits per heavy atom. The fourth-order valence-electron chi connectivity index (χ4n) is 2.48. The SMILES string of the molecule is C[C@H]1CCCCN1CC(=O)Nc1cc(Cl)ccc1C#N. The van der Waals surface area contributed by atoms with Crippen molar-refractivity contribution in [2.45, 2.75) is 32.2 Å². The first-order chi connectivity index (χ1) is 9.60. The zero-order valence-electron chi connectivity index (χ0n) is 11.5. The van der Waals surface area contributed by atoms with Gasteiger partial charge in [0.1, 0.15) is 6.07 Å². The lowest BCUT2D eigenvalue weighted by molar-refractivity contribution is -0.118. The number of benzene rings is 1. The second-order valence-corrected chi connectivity index (χ2v) is 5.60. The Morgan fingerprint density at radius 1 is 1.55 bits per heavy atom. The van der Waals surface area contributed by atoms with E-state index in [4.69, 9.17) is 16.9 Å². The van der Waals surface area contributed by atoms with Crippen molar-refractivity contribution in [2.75, 3.05) is 18.4 Å². The molecule has 4 nitrogen and oxygen atoms in total. The molecule has 0 spiro atoms. The Hall–Kier alpha value is -1.57. The minimum Gasteiger partial charge on any atom is -0.324 e. The molecular formula is C15H18ClN3O. The van der Waals surface area contributed by atoms with E-state index in [1.807, 2.05) is 0 Å². The smallest absolute Gasteiger partial charge is 0.238 e. The number of amides is 1. The number of carbonyl (C=O) groups is 1. The van der Waals surface area contributed by atoms with E-state index in [0.717, 1.165) is 19.4 Å². The highest BCUT2D eigenvalue weighted by Crippen LogP contribution is 2.21. The first-order valence-corrected chi connectivity index (χ1v) is 7.21. The van der Waals surface area contributed by atoms with Gasteiger partial charge < -0.3 is 5.32 Å². The third-order valence-electron chi connectivity index (χ3n) is 3.66. The molecule has 2 rings (SSSR count). The Morgan fingerprint density at radius 2 is 2.35 bits per heavy atom. The molecule has 0 aromatic heterocycles. The van der Waals surface area contributed by atoms with E-state index in [-0.39, 0.29) is 5.91 Å². The largest absolute Gasteiger partial charge is 0.324 e. The minimum absolute atomic E-state index is 0.0995. The molecular weight excluding hydrogens is 274 g/mol. The van der Waals surface area contributed by atoms with E-state index in [1.54, 1.807) is 18.2 Å². The standard InChI is InChI=1S/C15H18ClN3O/c1-11-4-2-3-7-19(11)10-15(20)18-14-8-13(16)6-5-12(14)9-17/h5-6,8,11H,2-4,7,10H2,1H3,(H,18,20)/t11-/m0/s1. The summed E-state index contributed by atoms with van der Waals surface area (Å²) in [6.07, 6.45) is 3.50. The molecule has 106 valence electrons. The molecule has 1 aliphatic heterocycles. The first kappa shape index (κ1) is 14.8. The average molecular weight is 292 g/mol. The van der Waals surface area contributed by atoms with Crippen LogP contribution in [0.2, 0.25) is 5.02 Å². The van der Waals surface area contributed by atoms with Crippen LogP contribution in [-0.2, 0) is 4.79 Å². The van der Waals surface area contributed by atoms with E-state index >= 15 is 0 Å². The van der Waals surface area contributed by atoms with Gasteiger partial charge in [-0.2, -0.15) is 5.26 Å². The maximum Gasteiger partial charge on any atom is 0.238 e. The quantitative estimate of drug-likeness (QED) is 0.931. The lowest BCUT2D eigenvalue weighted by atomic mass is 10.0.